The number of nitrogen functional groups attached to an aromatic ring is 1. The molecule has 0 aromatic carbocycles. The van der Waals surface area contributed by atoms with Crippen molar-refractivity contribution in [2.24, 2.45) is 11.7 Å². The zero-order chi connectivity index (χ0) is 14.9. The summed E-state index contributed by atoms with van der Waals surface area (Å²) in [5, 5.41) is 0.762. The van der Waals surface area contributed by atoms with Crippen LogP contribution in [-0.4, -0.2) is 24.8 Å². The van der Waals surface area contributed by atoms with Crippen LogP contribution in [0.15, 0.2) is 0 Å². The lowest BCUT2D eigenvalue weighted by atomic mass is 10.0. The number of rotatable bonds is 4. The molecular formula is C14H21N3O2S. The second-order valence-electron chi connectivity index (χ2n) is 5.36. The Morgan fingerprint density at radius 3 is 2.70 bits per heavy atom. The molecule has 6 heteroatoms. The van der Waals surface area contributed by atoms with Gasteiger partial charge in [0.05, 0.1) is 16.1 Å². The van der Waals surface area contributed by atoms with E-state index in [-0.39, 0.29) is 11.5 Å². The number of primary amides is 1. The molecular weight excluding hydrogens is 274 g/mol. The molecule has 2 heterocycles. The highest BCUT2D eigenvalue weighted by Crippen LogP contribution is 2.40. The van der Waals surface area contributed by atoms with Crippen LogP contribution in [0, 0.1) is 5.92 Å². The largest absolute Gasteiger partial charge is 0.397 e. The van der Waals surface area contributed by atoms with Crippen LogP contribution in [0.5, 0.6) is 0 Å². The summed E-state index contributed by atoms with van der Waals surface area (Å²) < 4.78 is 0. The summed E-state index contributed by atoms with van der Waals surface area (Å²) in [7, 11) is 0. The molecule has 1 unspecified atom stereocenters. The first-order valence-corrected chi connectivity index (χ1v) is 7.77. The number of anilines is 2. The quantitative estimate of drug-likeness (QED) is 0.834. The summed E-state index contributed by atoms with van der Waals surface area (Å²) in [4.78, 5) is 26.2. The molecule has 2 rings (SSSR count). The summed E-state index contributed by atoms with van der Waals surface area (Å²) in [6, 6.07) is 0. The average Bonchev–Trinajstić information content (AvgIpc) is 2.75. The van der Waals surface area contributed by atoms with Gasteiger partial charge in [-0.25, -0.2) is 0 Å². The Hall–Kier alpha value is -1.56. The molecule has 1 aromatic rings. The first kappa shape index (κ1) is 14.8. The topological polar surface area (TPSA) is 89.4 Å². The molecule has 1 saturated heterocycles. The zero-order valence-electron chi connectivity index (χ0n) is 11.9. The molecule has 0 aliphatic carbocycles. The average molecular weight is 295 g/mol. The normalized spacial score (nSPS) is 19.1. The molecule has 110 valence electrons. The van der Waals surface area contributed by atoms with Crippen molar-refractivity contribution in [1.29, 1.82) is 0 Å². The van der Waals surface area contributed by atoms with E-state index < -0.39 is 5.91 Å². The van der Waals surface area contributed by atoms with Gasteiger partial charge in [0, 0.05) is 19.5 Å². The van der Waals surface area contributed by atoms with Gasteiger partial charge in [-0.05, 0) is 18.8 Å². The number of carbonyl (C=O) groups excluding carboxylic acids is 2. The number of nitrogens with zero attached hydrogens (tertiary/aromatic N) is 1. The Kier molecular flexibility index (Phi) is 4.32. The summed E-state index contributed by atoms with van der Waals surface area (Å²) >= 11 is 1.31. The van der Waals surface area contributed by atoms with Gasteiger partial charge in [0.15, 0.2) is 5.78 Å². The summed E-state index contributed by atoms with van der Waals surface area (Å²) in [6.45, 7) is 5.73. The smallest absolute Gasteiger partial charge is 0.253 e. The molecule has 0 radical (unpaired) electrons. The highest BCUT2D eigenvalue weighted by atomic mass is 32.1. The number of piperidine rings is 1. The van der Waals surface area contributed by atoms with Gasteiger partial charge in [-0.2, -0.15) is 0 Å². The molecule has 0 bridgehead atoms. The van der Waals surface area contributed by atoms with Gasteiger partial charge < -0.3 is 16.4 Å². The second kappa shape index (κ2) is 5.83. The van der Waals surface area contributed by atoms with Gasteiger partial charge in [-0.1, -0.05) is 13.8 Å². The van der Waals surface area contributed by atoms with Crippen molar-refractivity contribution in [3.8, 4) is 0 Å². The van der Waals surface area contributed by atoms with Crippen molar-refractivity contribution in [2.45, 2.75) is 33.1 Å². The van der Waals surface area contributed by atoms with Crippen LogP contribution < -0.4 is 16.4 Å². The monoisotopic (exact) mass is 295 g/mol. The molecule has 0 spiro atoms. The number of amides is 1. The molecule has 1 aromatic heterocycles. The molecule has 1 aliphatic heterocycles. The highest BCUT2D eigenvalue weighted by molar-refractivity contribution is 7.19. The fourth-order valence-corrected chi connectivity index (χ4v) is 3.90. The van der Waals surface area contributed by atoms with Crippen LogP contribution >= 0.6 is 11.3 Å². The molecule has 1 atom stereocenters. The lowest BCUT2D eigenvalue weighted by molar-refractivity contribution is 0.0991. The number of hydrogen-bond acceptors (Lipinski definition) is 5. The molecule has 1 aliphatic rings. The van der Waals surface area contributed by atoms with Crippen LogP contribution in [0.2, 0.25) is 0 Å². The van der Waals surface area contributed by atoms with E-state index in [1.807, 2.05) is 0 Å². The standard InChI is InChI=1S/C14H21N3O2S/c1-3-9(18)12-11(15)10(13(16)19)14(20-12)17-6-4-5-8(2)7-17/h8H,3-7,15H2,1-2H3,(H2,16,19). The minimum Gasteiger partial charge on any atom is -0.397 e. The third kappa shape index (κ3) is 2.65. The Bertz CT molecular complexity index is 539. The van der Waals surface area contributed by atoms with Crippen LogP contribution in [0.3, 0.4) is 0 Å². The lowest BCUT2D eigenvalue weighted by Gasteiger charge is -2.32. The van der Waals surface area contributed by atoms with Gasteiger partial charge in [-0.3, -0.25) is 9.59 Å². The van der Waals surface area contributed by atoms with Crippen LogP contribution in [0.25, 0.3) is 0 Å². The molecule has 0 saturated carbocycles. The fraction of sp³-hybridized carbons (Fsp3) is 0.571. The van der Waals surface area contributed by atoms with E-state index in [4.69, 9.17) is 11.5 Å². The Balaban J connectivity index is 2.45. The van der Waals surface area contributed by atoms with Crippen molar-refractivity contribution >= 4 is 33.7 Å². The number of nitrogens with two attached hydrogens (primary N) is 2. The minimum absolute atomic E-state index is 0.0358. The van der Waals surface area contributed by atoms with E-state index in [1.165, 1.54) is 17.8 Å². The number of ketones is 1. The highest BCUT2D eigenvalue weighted by Gasteiger charge is 2.28. The van der Waals surface area contributed by atoms with Crippen molar-refractivity contribution in [2.75, 3.05) is 23.7 Å². The van der Waals surface area contributed by atoms with Crippen LogP contribution in [-0.2, 0) is 0 Å². The van der Waals surface area contributed by atoms with Gasteiger partial charge >= 0.3 is 0 Å². The van der Waals surface area contributed by atoms with E-state index in [1.54, 1.807) is 6.92 Å². The number of thiophene rings is 1. The second-order valence-corrected chi connectivity index (χ2v) is 6.36. The maximum absolute atomic E-state index is 11.9. The number of carbonyl (C=O) groups is 2. The predicted octanol–water partition coefficient (Wildman–Crippen LogP) is 2.26. The van der Waals surface area contributed by atoms with Crippen LogP contribution in [0.1, 0.15) is 53.1 Å². The summed E-state index contributed by atoms with van der Waals surface area (Å²) in [5.41, 5.74) is 12.0. The van der Waals surface area contributed by atoms with Gasteiger partial charge in [0.1, 0.15) is 5.00 Å². The van der Waals surface area contributed by atoms with Crippen molar-refractivity contribution in [3.05, 3.63) is 10.4 Å². The molecule has 4 N–H and O–H groups in total. The van der Waals surface area contributed by atoms with Crippen LogP contribution in [0.4, 0.5) is 10.7 Å². The number of hydrogen-bond donors (Lipinski definition) is 2. The Morgan fingerprint density at radius 2 is 2.15 bits per heavy atom. The van der Waals surface area contributed by atoms with E-state index in [0.29, 0.717) is 22.8 Å². The van der Waals surface area contributed by atoms with Gasteiger partial charge in [-0.15, -0.1) is 11.3 Å². The molecule has 1 amide bonds. The van der Waals surface area contributed by atoms with Crippen molar-refractivity contribution in [1.82, 2.24) is 0 Å². The third-order valence-electron chi connectivity index (χ3n) is 3.69. The third-order valence-corrected chi connectivity index (χ3v) is 5.00. The van der Waals surface area contributed by atoms with E-state index in [9.17, 15) is 9.59 Å². The molecule has 20 heavy (non-hydrogen) atoms. The molecule has 5 nitrogen and oxygen atoms in total. The SMILES string of the molecule is CCC(=O)c1sc(N2CCCC(C)C2)c(C(N)=O)c1N. The lowest BCUT2D eigenvalue weighted by Crippen LogP contribution is -2.35. The first-order chi connectivity index (χ1) is 9.45. The Morgan fingerprint density at radius 1 is 1.45 bits per heavy atom. The first-order valence-electron chi connectivity index (χ1n) is 6.95. The zero-order valence-corrected chi connectivity index (χ0v) is 12.8. The van der Waals surface area contributed by atoms with Gasteiger partial charge in [0.25, 0.3) is 5.91 Å². The molecule has 1 fully saturated rings. The predicted molar refractivity (Wildman–Crippen MR) is 82.5 cm³/mol. The minimum atomic E-state index is -0.554. The van der Waals surface area contributed by atoms with Crippen molar-refractivity contribution in [3.63, 3.8) is 0 Å². The maximum Gasteiger partial charge on any atom is 0.253 e. The van der Waals surface area contributed by atoms with E-state index >= 15 is 0 Å². The van der Waals surface area contributed by atoms with E-state index in [2.05, 4.69) is 11.8 Å². The maximum atomic E-state index is 11.9. The Labute approximate surface area is 122 Å². The van der Waals surface area contributed by atoms with Crippen molar-refractivity contribution < 1.29 is 9.59 Å². The summed E-state index contributed by atoms with van der Waals surface area (Å²) in [5.74, 6) is -0.0217. The summed E-state index contributed by atoms with van der Waals surface area (Å²) in [6.07, 6.45) is 2.64. The number of Topliss-reactive ketones (excluding diaryl/α,β-unsaturated/α-hetero) is 1. The van der Waals surface area contributed by atoms with Gasteiger partial charge in [0.2, 0.25) is 0 Å². The fourth-order valence-electron chi connectivity index (χ4n) is 2.63. The van der Waals surface area contributed by atoms with E-state index in [0.717, 1.165) is 24.5 Å².